The van der Waals surface area contributed by atoms with Crippen molar-refractivity contribution in [3.05, 3.63) is 53.8 Å². The minimum atomic E-state index is -0.201. The third-order valence-corrected chi connectivity index (χ3v) is 3.58. The van der Waals surface area contributed by atoms with Crippen LogP contribution in [0.4, 0.5) is 4.39 Å². The highest BCUT2D eigenvalue weighted by Gasteiger charge is 2.20. The maximum Gasteiger partial charge on any atom is 0.131 e. The molecule has 1 aliphatic carbocycles. The molecule has 0 saturated heterocycles. The Morgan fingerprint density at radius 3 is 2.80 bits per heavy atom. The smallest absolute Gasteiger partial charge is 0.131 e. The Bertz CT molecular complexity index is 608. The zero-order chi connectivity index (χ0) is 13.9. The van der Waals surface area contributed by atoms with Crippen LogP contribution < -0.4 is 10.1 Å². The second-order valence-corrected chi connectivity index (χ2v) is 5.20. The van der Waals surface area contributed by atoms with Crippen molar-refractivity contribution in [2.24, 2.45) is 0 Å². The average molecular weight is 271 g/mol. The average Bonchev–Trinajstić information content (AvgIpc) is 3.31. The van der Waals surface area contributed by atoms with Crippen molar-refractivity contribution in [3.8, 4) is 16.9 Å². The van der Waals surface area contributed by atoms with Gasteiger partial charge in [0.1, 0.15) is 11.6 Å². The Kier molecular flexibility index (Phi) is 3.70. The van der Waals surface area contributed by atoms with Gasteiger partial charge in [-0.05, 0) is 48.2 Å². The largest absolute Gasteiger partial charge is 0.497 e. The third-order valence-electron chi connectivity index (χ3n) is 3.58. The lowest BCUT2D eigenvalue weighted by atomic mass is 10.0. The van der Waals surface area contributed by atoms with Crippen molar-refractivity contribution < 1.29 is 9.13 Å². The molecule has 0 amide bonds. The van der Waals surface area contributed by atoms with Crippen LogP contribution in [0.1, 0.15) is 18.4 Å². The van der Waals surface area contributed by atoms with E-state index in [1.165, 1.54) is 12.8 Å². The summed E-state index contributed by atoms with van der Waals surface area (Å²) in [7, 11) is 1.62. The van der Waals surface area contributed by atoms with E-state index in [9.17, 15) is 4.39 Å². The molecule has 0 aromatic heterocycles. The van der Waals surface area contributed by atoms with Gasteiger partial charge in [0.25, 0.3) is 0 Å². The number of hydrogen-bond donors (Lipinski definition) is 1. The molecule has 2 aromatic carbocycles. The molecule has 2 nitrogen and oxygen atoms in total. The number of hydrogen-bond acceptors (Lipinski definition) is 2. The van der Waals surface area contributed by atoms with Crippen LogP contribution in [0.2, 0.25) is 0 Å². The Morgan fingerprint density at radius 2 is 2.05 bits per heavy atom. The van der Waals surface area contributed by atoms with Crippen LogP contribution in [0, 0.1) is 5.82 Å². The molecule has 1 aliphatic rings. The lowest BCUT2D eigenvalue weighted by molar-refractivity contribution is 0.415. The van der Waals surface area contributed by atoms with Gasteiger partial charge in [0.15, 0.2) is 0 Å². The maximum absolute atomic E-state index is 14.0. The van der Waals surface area contributed by atoms with E-state index in [0.29, 0.717) is 11.6 Å². The first-order chi connectivity index (χ1) is 9.76. The molecule has 1 saturated carbocycles. The Balaban J connectivity index is 1.87. The van der Waals surface area contributed by atoms with Crippen LogP contribution in [0.5, 0.6) is 5.75 Å². The predicted molar refractivity (Wildman–Crippen MR) is 78.2 cm³/mol. The summed E-state index contributed by atoms with van der Waals surface area (Å²) in [5.74, 6) is 0.539. The van der Waals surface area contributed by atoms with Gasteiger partial charge in [-0.15, -0.1) is 0 Å². The van der Waals surface area contributed by atoms with E-state index >= 15 is 0 Å². The van der Waals surface area contributed by atoms with Crippen molar-refractivity contribution in [2.75, 3.05) is 7.11 Å². The van der Waals surface area contributed by atoms with Crippen molar-refractivity contribution >= 4 is 0 Å². The predicted octanol–water partition coefficient (Wildman–Crippen LogP) is 3.75. The molecule has 0 spiro atoms. The highest BCUT2D eigenvalue weighted by Crippen LogP contribution is 2.27. The fourth-order valence-electron chi connectivity index (χ4n) is 2.24. The van der Waals surface area contributed by atoms with E-state index in [2.05, 4.69) is 5.32 Å². The molecule has 1 fully saturated rings. The van der Waals surface area contributed by atoms with Crippen LogP contribution in [0.25, 0.3) is 11.1 Å². The lowest BCUT2D eigenvalue weighted by Gasteiger charge is -2.09. The normalized spacial score (nSPS) is 14.3. The first-order valence-corrected chi connectivity index (χ1v) is 6.92. The van der Waals surface area contributed by atoms with Crippen LogP contribution in [-0.4, -0.2) is 13.2 Å². The van der Waals surface area contributed by atoms with Gasteiger partial charge in [-0.1, -0.05) is 18.2 Å². The van der Waals surface area contributed by atoms with E-state index < -0.39 is 0 Å². The summed E-state index contributed by atoms with van der Waals surface area (Å²) in [6.45, 7) is 0.794. The van der Waals surface area contributed by atoms with E-state index in [1.54, 1.807) is 13.2 Å². The van der Waals surface area contributed by atoms with E-state index in [0.717, 1.165) is 23.4 Å². The highest BCUT2D eigenvalue weighted by molar-refractivity contribution is 5.66. The monoisotopic (exact) mass is 271 g/mol. The number of benzene rings is 2. The molecule has 0 bridgehead atoms. The summed E-state index contributed by atoms with van der Waals surface area (Å²) in [5, 5.41) is 3.45. The van der Waals surface area contributed by atoms with Gasteiger partial charge in [-0.3, -0.25) is 0 Å². The van der Waals surface area contributed by atoms with E-state index in [4.69, 9.17) is 4.74 Å². The molecule has 20 heavy (non-hydrogen) atoms. The standard InChI is InChI=1S/C17H18FNO/c1-20-15-4-2-3-13(10-15)16-9-12(5-8-17(16)18)11-19-14-6-7-14/h2-5,8-10,14,19H,6-7,11H2,1H3. The summed E-state index contributed by atoms with van der Waals surface area (Å²) in [5.41, 5.74) is 2.57. The van der Waals surface area contributed by atoms with Gasteiger partial charge >= 0.3 is 0 Å². The SMILES string of the molecule is COc1cccc(-c2cc(CNC3CC3)ccc2F)c1. The maximum atomic E-state index is 14.0. The zero-order valence-electron chi connectivity index (χ0n) is 11.5. The van der Waals surface area contributed by atoms with Crippen molar-refractivity contribution in [3.63, 3.8) is 0 Å². The lowest BCUT2D eigenvalue weighted by Crippen LogP contribution is -2.15. The Hall–Kier alpha value is -1.87. The van der Waals surface area contributed by atoms with Crippen LogP contribution in [0.3, 0.4) is 0 Å². The summed E-state index contributed by atoms with van der Waals surface area (Å²) < 4.78 is 19.2. The van der Waals surface area contributed by atoms with Gasteiger partial charge in [0.05, 0.1) is 7.11 Å². The van der Waals surface area contributed by atoms with Gasteiger partial charge in [0.2, 0.25) is 0 Å². The van der Waals surface area contributed by atoms with E-state index in [-0.39, 0.29) is 5.82 Å². The quantitative estimate of drug-likeness (QED) is 0.894. The molecule has 0 aliphatic heterocycles. The van der Waals surface area contributed by atoms with Gasteiger partial charge < -0.3 is 10.1 Å². The topological polar surface area (TPSA) is 21.3 Å². The summed E-state index contributed by atoms with van der Waals surface area (Å²) in [6.07, 6.45) is 2.51. The second kappa shape index (κ2) is 5.63. The van der Waals surface area contributed by atoms with E-state index in [1.807, 2.05) is 36.4 Å². The molecule has 104 valence electrons. The number of nitrogens with one attached hydrogen (secondary N) is 1. The van der Waals surface area contributed by atoms with Crippen molar-refractivity contribution in [2.45, 2.75) is 25.4 Å². The number of methoxy groups -OCH3 is 1. The van der Waals surface area contributed by atoms with Crippen molar-refractivity contribution in [1.29, 1.82) is 0 Å². The molecule has 3 heteroatoms. The number of halogens is 1. The van der Waals surface area contributed by atoms with Gasteiger partial charge in [-0.25, -0.2) is 4.39 Å². The third kappa shape index (κ3) is 2.99. The summed E-state index contributed by atoms with van der Waals surface area (Å²) in [4.78, 5) is 0. The summed E-state index contributed by atoms with van der Waals surface area (Å²) >= 11 is 0. The van der Waals surface area contributed by atoms with Crippen LogP contribution in [0.15, 0.2) is 42.5 Å². The fourth-order valence-corrected chi connectivity index (χ4v) is 2.24. The minimum absolute atomic E-state index is 0.201. The molecular formula is C17H18FNO. The van der Waals surface area contributed by atoms with Crippen molar-refractivity contribution in [1.82, 2.24) is 5.32 Å². The molecule has 0 heterocycles. The Labute approximate surface area is 118 Å². The molecule has 3 rings (SSSR count). The highest BCUT2D eigenvalue weighted by atomic mass is 19.1. The van der Waals surface area contributed by atoms with Crippen LogP contribution in [-0.2, 0) is 6.54 Å². The number of ether oxygens (including phenoxy) is 1. The molecule has 0 unspecified atom stereocenters. The minimum Gasteiger partial charge on any atom is -0.497 e. The fraction of sp³-hybridized carbons (Fsp3) is 0.294. The van der Waals surface area contributed by atoms with Gasteiger partial charge in [0, 0.05) is 18.2 Å². The zero-order valence-corrected chi connectivity index (χ0v) is 11.5. The first kappa shape index (κ1) is 13.1. The molecule has 0 radical (unpaired) electrons. The number of rotatable bonds is 5. The first-order valence-electron chi connectivity index (χ1n) is 6.92. The molecule has 1 N–H and O–H groups in total. The molecular weight excluding hydrogens is 253 g/mol. The molecule has 2 aromatic rings. The van der Waals surface area contributed by atoms with Crippen LogP contribution >= 0.6 is 0 Å². The molecule has 0 atom stereocenters. The Morgan fingerprint density at radius 1 is 1.20 bits per heavy atom. The summed E-state index contributed by atoms with van der Waals surface area (Å²) in [6, 6.07) is 13.4. The second-order valence-electron chi connectivity index (χ2n) is 5.20. The van der Waals surface area contributed by atoms with Gasteiger partial charge in [-0.2, -0.15) is 0 Å².